The van der Waals surface area contributed by atoms with Crippen LogP contribution in [0.15, 0.2) is 30.3 Å². The van der Waals surface area contributed by atoms with Crippen LogP contribution >= 0.6 is 0 Å². The Morgan fingerprint density at radius 1 is 1.08 bits per heavy atom. The van der Waals surface area contributed by atoms with Crippen molar-refractivity contribution in [1.29, 1.82) is 0 Å². The Morgan fingerprint density at radius 3 is 2.04 bits per heavy atom. The smallest absolute Gasteiger partial charge is 0.320 e. The van der Waals surface area contributed by atoms with E-state index >= 15 is 0 Å². The monoisotopic (exact) mass is 348 g/mol. The van der Waals surface area contributed by atoms with E-state index in [-0.39, 0.29) is 25.4 Å². The number of rotatable bonds is 9. The van der Waals surface area contributed by atoms with E-state index in [0.29, 0.717) is 12.2 Å². The fraction of sp³-hybridized carbons (Fsp3) is 0.526. The van der Waals surface area contributed by atoms with Gasteiger partial charge in [-0.1, -0.05) is 30.3 Å². The van der Waals surface area contributed by atoms with Gasteiger partial charge in [-0.3, -0.25) is 14.4 Å². The molecule has 1 saturated heterocycles. The molecular weight excluding hydrogens is 324 g/mol. The number of benzene rings is 1. The predicted octanol–water partition coefficient (Wildman–Crippen LogP) is 2.26. The molecule has 1 fully saturated rings. The second kappa shape index (κ2) is 8.25. The fourth-order valence-electron chi connectivity index (χ4n) is 2.70. The second-order valence-electron chi connectivity index (χ2n) is 6.15. The second-order valence-corrected chi connectivity index (χ2v) is 6.15. The summed E-state index contributed by atoms with van der Waals surface area (Å²) in [6.07, 6.45) is 0.00279. The number of Topliss-reactive ketones (excluding diaryl/α,β-unsaturated/α-hetero) is 1. The van der Waals surface area contributed by atoms with Crippen LogP contribution in [0, 0.1) is 5.92 Å². The van der Waals surface area contributed by atoms with Crippen LogP contribution in [-0.2, 0) is 28.6 Å². The molecule has 6 nitrogen and oxygen atoms in total. The maximum Gasteiger partial charge on any atom is 0.320 e. The van der Waals surface area contributed by atoms with E-state index in [2.05, 4.69) is 0 Å². The van der Waals surface area contributed by atoms with Crippen molar-refractivity contribution in [3.63, 3.8) is 0 Å². The van der Waals surface area contributed by atoms with E-state index in [1.54, 1.807) is 45.0 Å². The van der Waals surface area contributed by atoms with Crippen LogP contribution in [0.1, 0.15) is 38.7 Å². The number of carbonyl (C=O) groups excluding carboxylic acids is 3. The third kappa shape index (κ3) is 4.66. The standard InChI is InChI=1S/C19H24O6/c1-4-23-17(21)16(18(22)24-5-2)14(13-9-7-6-8-10-13)11-15(20)19(3)12-25-19/h6-10,14,16H,4-5,11-12H2,1-3H3. The van der Waals surface area contributed by atoms with Gasteiger partial charge < -0.3 is 14.2 Å². The van der Waals surface area contributed by atoms with Gasteiger partial charge in [0.15, 0.2) is 11.7 Å². The molecule has 0 bridgehead atoms. The maximum absolute atomic E-state index is 12.5. The number of carbonyl (C=O) groups is 3. The van der Waals surface area contributed by atoms with Crippen LogP contribution in [0.5, 0.6) is 0 Å². The molecule has 1 aromatic rings. The zero-order chi connectivity index (χ0) is 18.4. The van der Waals surface area contributed by atoms with Crippen molar-refractivity contribution in [2.75, 3.05) is 19.8 Å². The number of hydrogen-bond acceptors (Lipinski definition) is 6. The van der Waals surface area contributed by atoms with Gasteiger partial charge in [-0.15, -0.1) is 0 Å². The van der Waals surface area contributed by atoms with Gasteiger partial charge in [0.25, 0.3) is 0 Å². The minimum absolute atomic E-state index is 0.00279. The van der Waals surface area contributed by atoms with E-state index < -0.39 is 29.4 Å². The summed E-state index contributed by atoms with van der Waals surface area (Å²) in [5, 5.41) is 0. The largest absolute Gasteiger partial charge is 0.465 e. The van der Waals surface area contributed by atoms with E-state index in [9.17, 15) is 14.4 Å². The van der Waals surface area contributed by atoms with Gasteiger partial charge in [-0.25, -0.2) is 0 Å². The lowest BCUT2D eigenvalue weighted by Crippen LogP contribution is -2.36. The molecule has 0 saturated carbocycles. The van der Waals surface area contributed by atoms with E-state index in [1.807, 2.05) is 6.07 Å². The summed E-state index contributed by atoms with van der Waals surface area (Å²) < 4.78 is 15.4. The summed E-state index contributed by atoms with van der Waals surface area (Å²) in [5.74, 6) is -3.34. The van der Waals surface area contributed by atoms with Gasteiger partial charge in [0, 0.05) is 12.3 Å². The van der Waals surface area contributed by atoms with Gasteiger partial charge in [0.05, 0.1) is 19.8 Å². The van der Waals surface area contributed by atoms with Gasteiger partial charge in [0.2, 0.25) is 0 Å². The Kier molecular flexibility index (Phi) is 6.31. The average Bonchev–Trinajstić information content (AvgIpc) is 3.34. The Balaban J connectivity index is 2.36. The first-order valence-electron chi connectivity index (χ1n) is 8.48. The zero-order valence-corrected chi connectivity index (χ0v) is 14.8. The minimum atomic E-state index is -1.19. The molecule has 2 atom stereocenters. The molecule has 0 radical (unpaired) electrons. The lowest BCUT2D eigenvalue weighted by molar-refractivity contribution is -0.163. The van der Waals surface area contributed by atoms with Crippen LogP contribution in [0.3, 0.4) is 0 Å². The normalized spacial score (nSPS) is 20.0. The molecule has 2 rings (SSSR count). The molecular formula is C19H24O6. The number of ketones is 1. The third-order valence-electron chi connectivity index (χ3n) is 4.28. The molecule has 1 aromatic carbocycles. The summed E-state index contributed by atoms with van der Waals surface area (Å²) >= 11 is 0. The SMILES string of the molecule is CCOC(=O)C(C(=O)OCC)C(CC(=O)C1(C)CO1)c1ccccc1. The molecule has 25 heavy (non-hydrogen) atoms. The summed E-state index contributed by atoms with van der Waals surface area (Å²) in [7, 11) is 0. The molecule has 1 aliphatic rings. The first-order valence-corrected chi connectivity index (χ1v) is 8.48. The Bertz CT molecular complexity index is 602. The molecule has 0 spiro atoms. The van der Waals surface area contributed by atoms with Crippen molar-refractivity contribution in [3.8, 4) is 0 Å². The maximum atomic E-state index is 12.5. The highest BCUT2D eigenvalue weighted by Gasteiger charge is 2.49. The molecule has 1 heterocycles. The van der Waals surface area contributed by atoms with Gasteiger partial charge >= 0.3 is 11.9 Å². The summed E-state index contributed by atoms with van der Waals surface area (Å²) in [6, 6.07) is 9.02. The molecule has 0 amide bonds. The lowest BCUT2D eigenvalue weighted by Gasteiger charge is -2.24. The number of hydrogen-bond donors (Lipinski definition) is 0. The highest BCUT2D eigenvalue weighted by molar-refractivity contribution is 5.98. The van der Waals surface area contributed by atoms with Crippen LogP contribution < -0.4 is 0 Å². The van der Waals surface area contributed by atoms with Crippen LogP contribution in [-0.4, -0.2) is 43.1 Å². The van der Waals surface area contributed by atoms with E-state index in [4.69, 9.17) is 14.2 Å². The predicted molar refractivity (Wildman–Crippen MR) is 89.9 cm³/mol. The molecule has 0 aromatic heterocycles. The van der Waals surface area contributed by atoms with E-state index in [0.717, 1.165) is 0 Å². The van der Waals surface area contributed by atoms with Crippen molar-refractivity contribution in [2.24, 2.45) is 5.92 Å². The van der Waals surface area contributed by atoms with Crippen molar-refractivity contribution < 1.29 is 28.6 Å². The summed E-state index contributed by atoms with van der Waals surface area (Å²) in [4.78, 5) is 37.5. The Hall–Kier alpha value is -2.21. The first kappa shape index (κ1) is 19.1. The first-order chi connectivity index (χ1) is 11.9. The zero-order valence-electron chi connectivity index (χ0n) is 14.8. The molecule has 0 N–H and O–H groups in total. The third-order valence-corrected chi connectivity index (χ3v) is 4.28. The van der Waals surface area contributed by atoms with Crippen molar-refractivity contribution in [3.05, 3.63) is 35.9 Å². The topological polar surface area (TPSA) is 82.2 Å². The number of epoxide rings is 1. The Labute approximate surface area is 147 Å². The van der Waals surface area contributed by atoms with Crippen LogP contribution in [0.25, 0.3) is 0 Å². The van der Waals surface area contributed by atoms with Gasteiger partial charge in [0.1, 0.15) is 5.60 Å². The molecule has 136 valence electrons. The van der Waals surface area contributed by atoms with Crippen molar-refractivity contribution in [2.45, 2.75) is 38.7 Å². The lowest BCUT2D eigenvalue weighted by atomic mass is 9.80. The van der Waals surface area contributed by atoms with E-state index in [1.165, 1.54) is 0 Å². The highest BCUT2D eigenvalue weighted by atomic mass is 16.6. The fourth-order valence-corrected chi connectivity index (χ4v) is 2.70. The molecule has 0 aliphatic carbocycles. The van der Waals surface area contributed by atoms with Crippen LogP contribution in [0.4, 0.5) is 0 Å². The molecule has 1 aliphatic heterocycles. The van der Waals surface area contributed by atoms with Crippen molar-refractivity contribution in [1.82, 2.24) is 0 Å². The average molecular weight is 348 g/mol. The van der Waals surface area contributed by atoms with Crippen molar-refractivity contribution >= 4 is 17.7 Å². The Morgan fingerprint density at radius 2 is 1.60 bits per heavy atom. The highest BCUT2D eigenvalue weighted by Crippen LogP contribution is 2.36. The molecule has 2 unspecified atom stereocenters. The summed E-state index contributed by atoms with van der Waals surface area (Å²) in [6.45, 7) is 5.69. The van der Waals surface area contributed by atoms with Gasteiger partial charge in [-0.2, -0.15) is 0 Å². The minimum Gasteiger partial charge on any atom is -0.465 e. The number of ether oxygens (including phenoxy) is 3. The number of esters is 2. The van der Waals surface area contributed by atoms with Gasteiger partial charge in [-0.05, 0) is 26.3 Å². The van der Waals surface area contributed by atoms with Crippen LogP contribution in [0.2, 0.25) is 0 Å². The summed E-state index contributed by atoms with van der Waals surface area (Å²) in [5.41, 5.74) is -0.104. The molecule has 6 heteroatoms. The quantitative estimate of drug-likeness (QED) is 0.387.